The molecule has 186 valence electrons. The second-order valence-electron chi connectivity index (χ2n) is 8.64. The molecule has 0 saturated carbocycles. The Hall–Kier alpha value is -2.39. The third-order valence-corrected chi connectivity index (χ3v) is 6.96. The van der Waals surface area contributed by atoms with E-state index in [0.29, 0.717) is 36.1 Å². The molecule has 1 atom stereocenters. The zero-order chi connectivity index (χ0) is 25.3. The van der Waals surface area contributed by atoms with E-state index in [4.69, 9.17) is 0 Å². The lowest BCUT2D eigenvalue weighted by Crippen LogP contribution is -2.53. The van der Waals surface area contributed by atoms with Gasteiger partial charge >= 0.3 is 0 Å². The number of amides is 2. The largest absolute Gasteiger partial charge is 0.354 e. The monoisotopic (exact) mass is 551 g/mol. The van der Waals surface area contributed by atoms with Gasteiger partial charge in [0.05, 0.1) is 11.9 Å². The summed E-state index contributed by atoms with van der Waals surface area (Å²) in [4.78, 5) is 28.1. The zero-order valence-corrected chi connectivity index (χ0v) is 22.6. The summed E-state index contributed by atoms with van der Waals surface area (Å²) in [5.74, 6) is -0.383. The van der Waals surface area contributed by atoms with E-state index < -0.39 is 28.5 Å². The topological polar surface area (TPSA) is 86.8 Å². The quantitative estimate of drug-likeness (QED) is 0.434. The normalized spacial score (nSPS) is 12.3. The number of sulfonamides is 1. The molecular formula is C25H34BrN3O4S. The molecule has 7 nitrogen and oxygen atoms in total. The first-order chi connectivity index (χ1) is 16.0. The molecule has 0 aliphatic heterocycles. The highest BCUT2D eigenvalue weighted by Gasteiger charge is 2.31. The van der Waals surface area contributed by atoms with Gasteiger partial charge in [0, 0.05) is 17.6 Å². The van der Waals surface area contributed by atoms with Gasteiger partial charge in [0.15, 0.2) is 0 Å². The Bertz CT molecular complexity index is 1060. The number of nitrogens with zero attached hydrogens (tertiary/aromatic N) is 2. The van der Waals surface area contributed by atoms with E-state index >= 15 is 0 Å². The first-order valence-corrected chi connectivity index (χ1v) is 14.0. The maximum absolute atomic E-state index is 13.6. The molecule has 0 heterocycles. The average Bonchev–Trinajstić information content (AvgIpc) is 2.78. The summed E-state index contributed by atoms with van der Waals surface area (Å²) < 4.78 is 27.0. The predicted molar refractivity (Wildman–Crippen MR) is 140 cm³/mol. The molecule has 0 fully saturated rings. The third kappa shape index (κ3) is 8.43. The summed E-state index contributed by atoms with van der Waals surface area (Å²) in [5.41, 5.74) is 1.41. The lowest BCUT2D eigenvalue weighted by atomic mass is 10.1. The van der Waals surface area contributed by atoms with E-state index in [1.165, 1.54) is 4.90 Å². The minimum atomic E-state index is -3.74. The van der Waals surface area contributed by atoms with Gasteiger partial charge in [0.2, 0.25) is 21.8 Å². The van der Waals surface area contributed by atoms with Crippen molar-refractivity contribution in [3.63, 3.8) is 0 Å². The van der Waals surface area contributed by atoms with Crippen molar-refractivity contribution >= 4 is 43.5 Å². The summed E-state index contributed by atoms with van der Waals surface area (Å²) >= 11 is 3.36. The van der Waals surface area contributed by atoms with Crippen molar-refractivity contribution in [3.8, 4) is 0 Å². The van der Waals surface area contributed by atoms with Crippen molar-refractivity contribution in [1.29, 1.82) is 0 Å². The Labute approximate surface area is 211 Å². The number of halogens is 1. The number of carbonyl (C=O) groups excluding carboxylic acids is 2. The number of anilines is 1. The molecular weight excluding hydrogens is 518 g/mol. The van der Waals surface area contributed by atoms with E-state index in [0.717, 1.165) is 16.1 Å². The molecule has 0 spiro atoms. The van der Waals surface area contributed by atoms with Crippen LogP contribution in [0.25, 0.3) is 0 Å². The SMILES string of the molecule is CC[C@H](C(=O)NCC(C)C)N(CCc1ccccc1)C(=O)CN(c1cccc(Br)c1)S(C)(=O)=O. The van der Waals surface area contributed by atoms with Gasteiger partial charge in [0.25, 0.3) is 0 Å². The minimum Gasteiger partial charge on any atom is -0.354 e. The number of carbonyl (C=O) groups is 2. The fourth-order valence-corrected chi connectivity index (χ4v) is 4.79. The molecule has 34 heavy (non-hydrogen) atoms. The maximum Gasteiger partial charge on any atom is 0.244 e. The molecule has 2 amide bonds. The first-order valence-electron chi connectivity index (χ1n) is 11.4. The Kier molecular flexibility index (Phi) is 10.6. The second kappa shape index (κ2) is 12.9. The van der Waals surface area contributed by atoms with Crippen LogP contribution in [0.3, 0.4) is 0 Å². The molecule has 2 aromatic carbocycles. The third-order valence-electron chi connectivity index (χ3n) is 5.33. The van der Waals surface area contributed by atoms with Crippen LogP contribution in [0.5, 0.6) is 0 Å². The Morgan fingerprint density at radius 3 is 2.29 bits per heavy atom. The maximum atomic E-state index is 13.6. The molecule has 0 unspecified atom stereocenters. The van der Waals surface area contributed by atoms with Crippen LogP contribution in [0.15, 0.2) is 59.1 Å². The van der Waals surface area contributed by atoms with Gasteiger partial charge in [-0.1, -0.05) is 73.1 Å². The smallest absolute Gasteiger partial charge is 0.244 e. The lowest BCUT2D eigenvalue weighted by molar-refractivity contribution is -0.139. The van der Waals surface area contributed by atoms with E-state index in [-0.39, 0.29) is 11.8 Å². The number of hydrogen-bond acceptors (Lipinski definition) is 4. The van der Waals surface area contributed by atoms with E-state index in [2.05, 4.69) is 21.2 Å². The van der Waals surface area contributed by atoms with Crippen molar-refractivity contribution in [1.82, 2.24) is 10.2 Å². The van der Waals surface area contributed by atoms with Crippen LogP contribution < -0.4 is 9.62 Å². The fourth-order valence-electron chi connectivity index (χ4n) is 3.56. The molecule has 0 aliphatic rings. The average molecular weight is 553 g/mol. The number of hydrogen-bond donors (Lipinski definition) is 1. The number of benzene rings is 2. The first kappa shape index (κ1) is 27.9. The summed E-state index contributed by atoms with van der Waals surface area (Å²) in [6.45, 7) is 6.27. The molecule has 0 aromatic heterocycles. The van der Waals surface area contributed by atoms with Crippen LogP contribution >= 0.6 is 15.9 Å². The molecule has 0 aliphatic carbocycles. The fraction of sp³-hybridized carbons (Fsp3) is 0.440. The van der Waals surface area contributed by atoms with Crippen molar-refractivity contribution in [3.05, 3.63) is 64.6 Å². The van der Waals surface area contributed by atoms with Gasteiger partial charge < -0.3 is 10.2 Å². The highest BCUT2D eigenvalue weighted by Crippen LogP contribution is 2.23. The molecule has 2 aromatic rings. The van der Waals surface area contributed by atoms with Crippen LogP contribution in [-0.2, 0) is 26.0 Å². The van der Waals surface area contributed by atoms with Crippen LogP contribution in [0.4, 0.5) is 5.69 Å². The Balaban J connectivity index is 2.34. The van der Waals surface area contributed by atoms with Crippen molar-refractivity contribution in [2.75, 3.05) is 30.2 Å². The van der Waals surface area contributed by atoms with Gasteiger partial charge in [-0.15, -0.1) is 0 Å². The Morgan fingerprint density at radius 1 is 1.06 bits per heavy atom. The van der Waals surface area contributed by atoms with Crippen molar-refractivity contribution in [2.45, 2.75) is 39.7 Å². The van der Waals surface area contributed by atoms with Crippen LogP contribution in [0, 0.1) is 5.92 Å². The minimum absolute atomic E-state index is 0.231. The van der Waals surface area contributed by atoms with Gasteiger partial charge in [-0.3, -0.25) is 13.9 Å². The Morgan fingerprint density at radius 2 is 1.74 bits per heavy atom. The summed E-state index contributed by atoms with van der Waals surface area (Å²) in [6, 6.07) is 15.8. The van der Waals surface area contributed by atoms with Gasteiger partial charge in [-0.25, -0.2) is 8.42 Å². The molecule has 0 saturated heterocycles. The van der Waals surface area contributed by atoms with E-state index in [1.807, 2.05) is 51.1 Å². The van der Waals surface area contributed by atoms with Crippen LogP contribution in [-0.4, -0.2) is 57.1 Å². The van der Waals surface area contributed by atoms with E-state index in [9.17, 15) is 18.0 Å². The summed E-state index contributed by atoms with van der Waals surface area (Å²) in [6.07, 6.45) is 2.04. The molecule has 1 N–H and O–H groups in total. The van der Waals surface area contributed by atoms with Crippen molar-refractivity contribution in [2.24, 2.45) is 5.92 Å². The van der Waals surface area contributed by atoms with E-state index in [1.54, 1.807) is 24.3 Å². The summed E-state index contributed by atoms with van der Waals surface area (Å²) in [7, 11) is -3.74. The van der Waals surface area contributed by atoms with Gasteiger partial charge in [0.1, 0.15) is 12.6 Å². The predicted octanol–water partition coefficient (Wildman–Crippen LogP) is 3.84. The van der Waals surface area contributed by atoms with Gasteiger partial charge in [-0.2, -0.15) is 0 Å². The molecule has 0 radical (unpaired) electrons. The lowest BCUT2D eigenvalue weighted by Gasteiger charge is -2.33. The molecule has 2 rings (SSSR count). The molecule has 0 bridgehead atoms. The highest BCUT2D eigenvalue weighted by molar-refractivity contribution is 9.10. The van der Waals surface area contributed by atoms with Crippen molar-refractivity contribution < 1.29 is 18.0 Å². The van der Waals surface area contributed by atoms with Gasteiger partial charge in [-0.05, 0) is 42.5 Å². The standard InChI is InChI=1S/C25H34BrN3O4S/c1-5-23(25(31)27-17-19(2)3)28(15-14-20-10-7-6-8-11-20)24(30)18-29(34(4,32)33)22-13-9-12-21(26)16-22/h6-13,16,19,23H,5,14-15,17-18H2,1-4H3,(H,27,31)/t23-/m1/s1. The zero-order valence-electron chi connectivity index (χ0n) is 20.2. The second-order valence-corrected chi connectivity index (χ2v) is 11.5. The molecule has 9 heteroatoms. The highest BCUT2D eigenvalue weighted by atomic mass is 79.9. The summed E-state index contributed by atoms with van der Waals surface area (Å²) in [5, 5.41) is 2.92. The van der Waals surface area contributed by atoms with Crippen LogP contribution in [0.2, 0.25) is 0 Å². The number of nitrogens with one attached hydrogen (secondary N) is 1. The van der Waals surface area contributed by atoms with Crippen LogP contribution in [0.1, 0.15) is 32.8 Å². The number of rotatable bonds is 12.